The summed E-state index contributed by atoms with van der Waals surface area (Å²) in [6.45, 7) is 3.92. The van der Waals surface area contributed by atoms with Gasteiger partial charge in [-0.1, -0.05) is 18.2 Å². The molecule has 0 bridgehead atoms. The van der Waals surface area contributed by atoms with Gasteiger partial charge in [0.2, 0.25) is 0 Å². The Balaban J connectivity index is 1.37. The molecular formula is C19H23N5. The van der Waals surface area contributed by atoms with E-state index in [0.717, 1.165) is 43.7 Å². The summed E-state index contributed by atoms with van der Waals surface area (Å²) in [5.74, 6) is 0. The summed E-state index contributed by atoms with van der Waals surface area (Å²) in [5, 5.41) is 12.8. The van der Waals surface area contributed by atoms with Gasteiger partial charge in [0.1, 0.15) is 0 Å². The quantitative estimate of drug-likeness (QED) is 0.786. The lowest BCUT2D eigenvalue weighted by Crippen LogP contribution is -2.34. The highest BCUT2D eigenvalue weighted by atomic mass is 15.3. The van der Waals surface area contributed by atoms with Crippen molar-refractivity contribution in [2.24, 2.45) is 0 Å². The molecule has 1 unspecified atom stereocenters. The number of fused-ring (bicyclic) bond motifs is 1. The molecule has 1 N–H and O–H groups in total. The third-order valence-electron chi connectivity index (χ3n) is 4.77. The Hall–Kier alpha value is -2.40. The van der Waals surface area contributed by atoms with Crippen molar-refractivity contribution >= 4 is 0 Å². The van der Waals surface area contributed by atoms with E-state index in [4.69, 9.17) is 0 Å². The molecule has 1 aliphatic rings. The largest absolute Gasteiger partial charge is 0.308 e. The maximum Gasteiger partial charge on any atom is 0.0766 e. The Kier molecular flexibility index (Phi) is 4.17. The molecule has 0 amide bonds. The molecule has 0 fully saturated rings. The minimum atomic E-state index is 0.508. The fourth-order valence-electron chi connectivity index (χ4n) is 3.46. The van der Waals surface area contributed by atoms with Crippen LogP contribution in [0.25, 0.3) is 5.69 Å². The molecule has 1 aromatic carbocycles. The van der Waals surface area contributed by atoms with Crippen molar-refractivity contribution in [3.05, 3.63) is 65.7 Å². The Bertz CT molecular complexity index is 802. The summed E-state index contributed by atoms with van der Waals surface area (Å²) in [7, 11) is 0. The minimum absolute atomic E-state index is 0.508. The number of nitrogens with zero attached hydrogens (tertiary/aromatic N) is 4. The maximum absolute atomic E-state index is 4.66. The van der Waals surface area contributed by atoms with Crippen molar-refractivity contribution in [3.63, 3.8) is 0 Å². The average molecular weight is 321 g/mol. The topological polar surface area (TPSA) is 47.7 Å². The Morgan fingerprint density at radius 3 is 2.92 bits per heavy atom. The first kappa shape index (κ1) is 15.1. The van der Waals surface area contributed by atoms with Gasteiger partial charge in [-0.05, 0) is 49.9 Å². The van der Waals surface area contributed by atoms with Crippen LogP contribution in [0.1, 0.15) is 30.3 Å². The monoisotopic (exact) mass is 321 g/mol. The van der Waals surface area contributed by atoms with Crippen LogP contribution in [0.4, 0.5) is 0 Å². The standard InChI is InChI=1S/C19H23N5/c1-2-23-19-9-8-16(12-15(19)13-21-23)20-14-17-10-11-24(22-17)18-6-4-3-5-7-18/h3-7,10-11,13,16,20H,2,8-9,12,14H2,1H3. The lowest BCUT2D eigenvalue weighted by atomic mass is 9.93. The summed E-state index contributed by atoms with van der Waals surface area (Å²) in [6.07, 6.45) is 7.40. The second-order valence-corrected chi connectivity index (χ2v) is 6.34. The van der Waals surface area contributed by atoms with Gasteiger partial charge < -0.3 is 5.32 Å². The third-order valence-corrected chi connectivity index (χ3v) is 4.77. The maximum atomic E-state index is 4.66. The third kappa shape index (κ3) is 2.99. The first-order chi connectivity index (χ1) is 11.8. The molecule has 5 nitrogen and oxygen atoms in total. The molecule has 2 aromatic heterocycles. The van der Waals surface area contributed by atoms with Crippen molar-refractivity contribution in [1.82, 2.24) is 24.9 Å². The van der Waals surface area contributed by atoms with Crippen molar-refractivity contribution < 1.29 is 0 Å². The predicted octanol–water partition coefficient (Wildman–Crippen LogP) is 2.74. The molecule has 124 valence electrons. The lowest BCUT2D eigenvalue weighted by molar-refractivity contribution is 0.442. The van der Waals surface area contributed by atoms with E-state index in [2.05, 4.69) is 45.3 Å². The summed E-state index contributed by atoms with van der Waals surface area (Å²) >= 11 is 0. The number of nitrogens with one attached hydrogen (secondary N) is 1. The van der Waals surface area contributed by atoms with Crippen molar-refractivity contribution in [2.75, 3.05) is 0 Å². The number of hydrogen-bond acceptors (Lipinski definition) is 3. The summed E-state index contributed by atoms with van der Waals surface area (Å²) in [5.41, 5.74) is 4.99. The minimum Gasteiger partial charge on any atom is -0.308 e. The van der Waals surface area contributed by atoms with E-state index in [9.17, 15) is 0 Å². The van der Waals surface area contributed by atoms with Gasteiger partial charge in [0.25, 0.3) is 0 Å². The van der Waals surface area contributed by atoms with E-state index in [0.29, 0.717) is 6.04 Å². The molecular weight excluding hydrogens is 298 g/mol. The molecule has 0 spiro atoms. The number of aromatic nitrogens is 4. The lowest BCUT2D eigenvalue weighted by Gasteiger charge is -2.23. The number of para-hydroxylation sites is 1. The van der Waals surface area contributed by atoms with Gasteiger partial charge in [-0.25, -0.2) is 4.68 Å². The summed E-state index contributed by atoms with van der Waals surface area (Å²) < 4.78 is 4.06. The molecule has 24 heavy (non-hydrogen) atoms. The summed E-state index contributed by atoms with van der Waals surface area (Å²) in [6, 6.07) is 12.8. The van der Waals surface area contributed by atoms with Crippen molar-refractivity contribution in [3.8, 4) is 5.69 Å². The van der Waals surface area contributed by atoms with Gasteiger partial charge in [-0.2, -0.15) is 10.2 Å². The van der Waals surface area contributed by atoms with Crippen LogP contribution in [-0.2, 0) is 25.9 Å². The molecule has 5 heteroatoms. The van der Waals surface area contributed by atoms with Crippen molar-refractivity contribution in [2.45, 2.75) is 45.3 Å². The van der Waals surface area contributed by atoms with E-state index >= 15 is 0 Å². The Morgan fingerprint density at radius 1 is 1.21 bits per heavy atom. The Labute approximate surface area is 142 Å². The summed E-state index contributed by atoms with van der Waals surface area (Å²) in [4.78, 5) is 0. The highest BCUT2D eigenvalue weighted by Gasteiger charge is 2.21. The van der Waals surface area contributed by atoms with Crippen LogP contribution >= 0.6 is 0 Å². The van der Waals surface area contributed by atoms with Crippen LogP contribution < -0.4 is 5.32 Å². The molecule has 1 aliphatic carbocycles. The number of aryl methyl sites for hydroxylation is 1. The van der Waals surface area contributed by atoms with Gasteiger partial charge in [0.15, 0.2) is 0 Å². The normalized spacial score (nSPS) is 17.0. The SMILES string of the molecule is CCn1ncc2c1CCC(NCc1ccn(-c3ccccc3)n1)C2. The van der Waals surface area contributed by atoms with Crippen LogP contribution in [0.5, 0.6) is 0 Å². The fraction of sp³-hybridized carbons (Fsp3) is 0.368. The molecule has 0 saturated heterocycles. The van der Waals surface area contributed by atoms with Crippen LogP contribution in [0.15, 0.2) is 48.8 Å². The van der Waals surface area contributed by atoms with Crippen LogP contribution in [0.2, 0.25) is 0 Å². The number of rotatable bonds is 5. The predicted molar refractivity (Wildman–Crippen MR) is 94.1 cm³/mol. The van der Waals surface area contributed by atoms with Crippen LogP contribution in [-0.4, -0.2) is 25.6 Å². The van der Waals surface area contributed by atoms with E-state index in [1.54, 1.807) is 0 Å². The zero-order valence-electron chi connectivity index (χ0n) is 14.0. The first-order valence-corrected chi connectivity index (χ1v) is 8.70. The smallest absolute Gasteiger partial charge is 0.0766 e. The second kappa shape index (κ2) is 6.61. The van der Waals surface area contributed by atoms with Crippen LogP contribution in [0, 0.1) is 0 Å². The molecule has 4 rings (SSSR count). The van der Waals surface area contributed by atoms with E-state index in [-0.39, 0.29) is 0 Å². The molecule has 0 radical (unpaired) electrons. The molecule has 0 saturated carbocycles. The van der Waals surface area contributed by atoms with Gasteiger partial charge in [0.05, 0.1) is 17.6 Å². The van der Waals surface area contributed by atoms with Gasteiger partial charge in [-0.15, -0.1) is 0 Å². The number of benzene rings is 1. The van der Waals surface area contributed by atoms with Crippen LogP contribution in [0.3, 0.4) is 0 Å². The van der Waals surface area contributed by atoms with Crippen molar-refractivity contribution in [1.29, 1.82) is 0 Å². The van der Waals surface area contributed by atoms with E-state index in [1.165, 1.54) is 11.3 Å². The zero-order valence-corrected chi connectivity index (χ0v) is 14.0. The number of hydrogen-bond donors (Lipinski definition) is 1. The zero-order chi connectivity index (χ0) is 16.4. The highest BCUT2D eigenvalue weighted by molar-refractivity contribution is 5.30. The fourth-order valence-corrected chi connectivity index (χ4v) is 3.46. The first-order valence-electron chi connectivity index (χ1n) is 8.70. The molecule has 1 atom stereocenters. The molecule has 3 aromatic rings. The molecule has 0 aliphatic heterocycles. The molecule has 2 heterocycles. The van der Waals surface area contributed by atoms with Gasteiger partial charge >= 0.3 is 0 Å². The Morgan fingerprint density at radius 2 is 2.08 bits per heavy atom. The second-order valence-electron chi connectivity index (χ2n) is 6.34. The van der Waals surface area contributed by atoms with Gasteiger partial charge in [-0.3, -0.25) is 4.68 Å². The average Bonchev–Trinajstić information content (AvgIpc) is 3.27. The van der Waals surface area contributed by atoms with Gasteiger partial charge in [0, 0.05) is 31.0 Å². The van der Waals surface area contributed by atoms with E-state index in [1.807, 2.05) is 35.3 Å². The highest BCUT2D eigenvalue weighted by Crippen LogP contribution is 2.21. The van der Waals surface area contributed by atoms with E-state index < -0.39 is 0 Å².